The molecule has 2 aliphatic heterocycles. The van der Waals surface area contributed by atoms with E-state index in [0.717, 1.165) is 5.69 Å². The first-order valence-electron chi connectivity index (χ1n) is 5.32. The third kappa shape index (κ3) is 1.81. The van der Waals surface area contributed by atoms with Crippen molar-refractivity contribution in [3.05, 3.63) is 30.3 Å². The van der Waals surface area contributed by atoms with Crippen LogP contribution in [-0.2, 0) is 14.6 Å². The highest BCUT2D eigenvalue weighted by molar-refractivity contribution is 7.91. The highest BCUT2D eigenvalue weighted by Gasteiger charge is 2.49. The van der Waals surface area contributed by atoms with E-state index in [0.29, 0.717) is 5.17 Å². The lowest BCUT2D eigenvalue weighted by Crippen LogP contribution is -2.36. The monoisotopic (exact) mass is 269 g/mol. The number of para-hydroxylation sites is 1. The summed E-state index contributed by atoms with van der Waals surface area (Å²) in [5.41, 5.74) is 0.891. The minimum atomic E-state index is -3.00. The van der Waals surface area contributed by atoms with Gasteiger partial charge < -0.3 is 4.74 Å². The van der Waals surface area contributed by atoms with Gasteiger partial charge in [-0.1, -0.05) is 18.2 Å². The van der Waals surface area contributed by atoms with Crippen LogP contribution in [0.2, 0.25) is 0 Å². The highest BCUT2D eigenvalue weighted by atomic mass is 32.2. The summed E-state index contributed by atoms with van der Waals surface area (Å²) in [5.74, 6) is 0.188. The van der Waals surface area contributed by atoms with Crippen molar-refractivity contribution in [3.8, 4) is 0 Å². The van der Waals surface area contributed by atoms with E-state index in [4.69, 9.17) is 17.0 Å². The van der Waals surface area contributed by atoms with Gasteiger partial charge in [-0.05, 0) is 24.4 Å². The first kappa shape index (κ1) is 11.0. The Labute approximate surface area is 105 Å². The Bertz CT molecular complexity index is 555. The lowest BCUT2D eigenvalue weighted by molar-refractivity contribution is 0.244. The molecule has 2 atom stereocenters. The highest BCUT2D eigenvalue weighted by Crippen LogP contribution is 2.32. The minimum Gasteiger partial charge on any atom is -0.464 e. The molecule has 2 heterocycles. The molecule has 2 saturated heterocycles. The van der Waals surface area contributed by atoms with E-state index in [9.17, 15) is 8.42 Å². The molecule has 4 nitrogen and oxygen atoms in total. The molecule has 0 radical (unpaired) electrons. The summed E-state index contributed by atoms with van der Waals surface area (Å²) < 4.78 is 28.6. The van der Waals surface area contributed by atoms with Gasteiger partial charge in [0.2, 0.25) is 0 Å². The minimum absolute atomic E-state index is 0.0706. The molecule has 6 heteroatoms. The normalized spacial score (nSPS) is 30.1. The molecule has 17 heavy (non-hydrogen) atoms. The second-order valence-electron chi connectivity index (χ2n) is 4.27. The maximum Gasteiger partial charge on any atom is 0.264 e. The fraction of sp³-hybridized carbons (Fsp3) is 0.364. The van der Waals surface area contributed by atoms with E-state index in [-0.39, 0.29) is 23.7 Å². The average molecular weight is 269 g/mol. The second kappa shape index (κ2) is 3.68. The summed E-state index contributed by atoms with van der Waals surface area (Å²) in [7, 11) is -3.00. The number of nitrogens with zero attached hydrogens (tertiary/aromatic N) is 1. The Morgan fingerprint density at radius 2 is 1.94 bits per heavy atom. The van der Waals surface area contributed by atoms with Gasteiger partial charge in [-0.3, -0.25) is 4.90 Å². The fourth-order valence-electron chi connectivity index (χ4n) is 2.36. The maximum absolute atomic E-state index is 11.6. The fourth-order valence-corrected chi connectivity index (χ4v) is 4.53. The van der Waals surface area contributed by atoms with Crippen molar-refractivity contribution in [2.75, 3.05) is 16.4 Å². The van der Waals surface area contributed by atoms with E-state index >= 15 is 0 Å². The summed E-state index contributed by atoms with van der Waals surface area (Å²) in [4.78, 5) is 1.81. The molecule has 0 saturated carbocycles. The molecule has 0 spiro atoms. The van der Waals surface area contributed by atoms with Gasteiger partial charge in [0.15, 0.2) is 9.84 Å². The Morgan fingerprint density at radius 1 is 1.24 bits per heavy atom. The van der Waals surface area contributed by atoms with Crippen LogP contribution in [-0.4, -0.2) is 37.2 Å². The summed E-state index contributed by atoms with van der Waals surface area (Å²) in [6.45, 7) is 0. The van der Waals surface area contributed by atoms with Crippen molar-refractivity contribution in [2.24, 2.45) is 0 Å². The van der Waals surface area contributed by atoms with Crippen molar-refractivity contribution in [1.29, 1.82) is 0 Å². The van der Waals surface area contributed by atoms with Crippen molar-refractivity contribution in [3.63, 3.8) is 0 Å². The zero-order valence-electron chi connectivity index (χ0n) is 8.94. The Balaban J connectivity index is 1.98. The van der Waals surface area contributed by atoms with Gasteiger partial charge >= 0.3 is 0 Å². The van der Waals surface area contributed by atoms with Crippen molar-refractivity contribution in [2.45, 2.75) is 12.1 Å². The van der Waals surface area contributed by atoms with Gasteiger partial charge in [0.25, 0.3) is 5.17 Å². The standard InChI is InChI=1S/C11H11NO3S2/c13-17(14)6-9-10(7-17)15-11(16)12(9)8-4-2-1-3-5-8/h1-5,9-10H,6-7H2. The molecular weight excluding hydrogens is 258 g/mol. The molecule has 1 aromatic rings. The Kier molecular flexibility index (Phi) is 2.38. The number of thiocarbonyl (C=S) groups is 1. The molecule has 2 unspecified atom stereocenters. The van der Waals surface area contributed by atoms with Crippen molar-refractivity contribution >= 4 is 32.9 Å². The van der Waals surface area contributed by atoms with Gasteiger partial charge in [0.1, 0.15) is 6.10 Å². The summed E-state index contributed by atoms with van der Waals surface area (Å²) in [6.07, 6.45) is -0.312. The molecule has 2 fully saturated rings. The molecular formula is C11H11NO3S2. The molecule has 0 amide bonds. The second-order valence-corrected chi connectivity index (χ2v) is 6.78. The van der Waals surface area contributed by atoms with Crippen LogP contribution in [0.4, 0.5) is 5.69 Å². The molecule has 0 bridgehead atoms. The van der Waals surface area contributed by atoms with Crippen LogP contribution in [0.15, 0.2) is 30.3 Å². The van der Waals surface area contributed by atoms with E-state index < -0.39 is 9.84 Å². The van der Waals surface area contributed by atoms with Gasteiger partial charge in [-0.25, -0.2) is 8.42 Å². The quantitative estimate of drug-likeness (QED) is 0.711. The number of rotatable bonds is 1. The van der Waals surface area contributed by atoms with Crippen LogP contribution in [0.25, 0.3) is 0 Å². The molecule has 0 aromatic heterocycles. The van der Waals surface area contributed by atoms with Gasteiger partial charge in [0, 0.05) is 5.69 Å². The first-order chi connectivity index (χ1) is 8.07. The van der Waals surface area contributed by atoms with Crippen LogP contribution < -0.4 is 4.90 Å². The molecule has 2 aliphatic rings. The molecule has 3 rings (SSSR count). The number of benzene rings is 1. The van der Waals surface area contributed by atoms with Crippen LogP contribution >= 0.6 is 12.2 Å². The topological polar surface area (TPSA) is 46.6 Å². The summed E-state index contributed by atoms with van der Waals surface area (Å²) in [5, 5.41) is 0.376. The number of sulfone groups is 1. The lowest BCUT2D eigenvalue weighted by atomic mass is 10.2. The average Bonchev–Trinajstić information content (AvgIpc) is 2.69. The first-order valence-corrected chi connectivity index (χ1v) is 7.55. The van der Waals surface area contributed by atoms with E-state index in [2.05, 4.69) is 0 Å². The van der Waals surface area contributed by atoms with E-state index in [1.54, 1.807) is 0 Å². The maximum atomic E-state index is 11.6. The van der Waals surface area contributed by atoms with E-state index in [1.807, 2.05) is 35.2 Å². The Morgan fingerprint density at radius 3 is 2.65 bits per heavy atom. The third-order valence-electron chi connectivity index (χ3n) is 3.09. The summed E-state index contributed by atoms with van der Waals surface area (Å²) in [6, 6.07) is 9.34. The predicted molar refractivity (Wildman–Crippen MR) is 68.8 cm³/mol. The smallest absolute Gasteiger partial charge is 0.264 e. The molecule has 0 N–H and O–H groups in total. The zero-order valence-corrected chi connectivity index (χ0v) is 10.6. The van der Waals surface area contributed by atoms with Gasteiger partial charge in [0.05, 0.1) is 17.5 Å². The largest absolute Gasteiger partial charge is 0.464 e. The molecule has 1 aromatic carbocycles. The number of fused-ring (bicyclic) bond motifs is 1. The van der Waals surface area contributed by atoms with Crippen molar-refractivity contribution in [1.82, 2.24) is 0 Å². The SMILES string of the molecule is O=S1(=O)CC2OC(=S)N(c3ccccc3)C2C1. The van der Waals surface area contributed by atoms with Crippen molar-refractivity contribution < 1.29 is 13.2 Å². The lowest BCUT2D eigenvalue weighted by Gasteiger charge is -2.21. The third-order valence-corrected chi connectivity index (χ3v) is 5.07. The number of hydrogen-bond donors (Lipinski definition) is 0. The van der Waals surface area contributed by atoms with Crippen LogP contribution in [0.3, 0.4) is 0 Å². The van der Waals surface area contributed by atoms with Crippen LogP contribution in [0, 0.1) is 0 Å². The van der Waals surface area contributed by atoms with Crippen LogP contribution in [0.5, 0.6) is 0 Å². The predicted octanol–water partition coefficient (Wildman–Crippen LogP) is 0.974. The number of hydrogen-bond acceptors (Lipinski definition) is 4. The zero-order chi connectivity index (χ0) is 12.0. The molecule has 0 aliphatic carbocycles. The van der Waals surface area contributed by atoms with Crippen LogP contribution in [0.1, 0.15) is 0 Å². The number of anilines is 1. The molecule has 90 valence electrons. The Hall–Kier alpha value is -1.14. The van der Waals surface area contributed by atoms with Gasteiger partial charge in [-0.15, -0.1) is 0 Å². The number of ether oxygens (including phenoxy) is 1. The van der Waals surface area contributed by atoms with Gasteiger partial charge in [-0.2, -0.15) is 0 Å². The van der Waals surface area contributed by atoms with E-state index in [1.165, 1.54) is 0 Å². The summed E-state index contributed by atoms with van der Waals surface area (Å²) >= 11 is 5.16.